The standard InChI is InChI=1S/C20H18N4O4S2/c21-9-14(19(25)22-11-16-7-4-8-28-16)10-23-20-24(15-5-2-1-3-6-15)17-12-30(26,27)13-18(17)29-20/h1-8,10,17-18H,11-13H2,(H,22,25)/b14-10+,23-20?/t17-,18+/m1/s1. The summed E-state index contributed by atoms with van der Waals surface area (Å²) in [6.07, 6.45) is 2.73. The number of rotatable bonds is 5. The lowest BCUT2D eigenvalue weighted by molar-refractivity contribution is -0.117. The number of benzene rings is 1. The van der Waals surface area contributed by atoms with Gasteiger partial charge in [-0.15, -0.1) is 0 Å². The van der Waals surface area contributed by atoms with Crippen LogP contribution in [0.1, 0.15) is 5.76 Å². The second-order valence-corrected chi connectivity index (χ2v) is 10.2. The summed E-state index contributed by atoms with van der Waals surface area (Å²) in [5.41, 5.74) is 0.676. The quantitative estimate of drug-likeness (QED) is 0.557. The number of nitriles is 1. The third-order valence-electron chi connectivity index (χ3n) is 4.77. The Balaban J connectivity index is 1.57. The number of amides is 1. The molecule has 2 saturated heterocycles. The lowest BCUT2D eigenvalue weighted by Crippen LogP contribution is -2.37. The van der Waals surface area contributed by atoms with Crippen LogP contribution < -0.4 is 10.2 Å². The normalized spacial score (nSPS) is 23.9. The SMILES string of the molecule is N#C/C(=C\N=C1S[C@H]2CS(=O)(=O)C[C@H]2N1c1ccccc1)C(=O)NCc1ccco1. The molecule has 3 heterocycles. The zero-order valence-corrected chi connectivity index (χ0v) is 17.4. The number of thioether (sulfide) groups is 1. The van der Waals surface area contributed by atoms with E-state index in [-0.39, 0.29) is 34.9 Å². The molecule has 1 amide bonds. The smallest absolute Gasteiger partial charge is 0.263 e. The Morgan fingerprint density at radius 2 is 2.10 bits per heavy atom. The molecule has 2 aliphatic heterocycles. The largest absolute Gasteiger partial charge is 0.467 e. The van der Waals surface area contributed by atoms with Crippen LogP contribution in [0.5, 0.6) is 0 Å². The van der Waals surface area contributed by atoms with Gasteiger partial charge in [0.05, 0.1) is 36.6 Å². The number of carbonyl (C=O) groups excluding carboxylic acids is 1. The molecule has 2 atom stereocenters. The molecule has 0 radical (unpaired) electrons. The fourth-order valence-corrected chi connectivity index (χ4v) is 7.29. The minimum atomic E-state index is -3.11. The molecule has 0 spiro atoms. The number of sulfone groups is 1. The molecule has 0 aliphatic carbocycles. The summed E-state index contributed by atoms with van der Waals surface area (Å²) in [6.45, 7) is 0.161. The number of amidine groups is 1. The van der Waals surface area contributed by atoms with Crippen LogP contribution in [0, 0.1) is 11.3 Å². The first-order valence-corrected chi connectivity index (χ1v) is 11.9. The second kappa shape index (κ2) is 8.38. The zero-order chi connectivity index (χ0) is 21.1. The van der Waals surface area contributed by atoms with Crippen molar-refractivity contribution < 1.29 is 17.6 Å². The second-order valence-electron chi connectivity index (χ2n) is 6.83. The van der Waals surface area contributed by atoms with Gasteiger partial charge in [0.2, 0.25) is 0 Å². The average Bonchev–Trinajstić information content (AvgIpc) is 3.42. The number of carbonyl (C=O) groups is 1. The Labute approximate surface area is 178 Å². The van der Waals surface area contributed by atoms with Gasteiger partial charge in [0, 0.05) is 10.9 Å². The van der Waals surface area contributed by atoms with Gasteiger partial charge in [0.1, 0.15) is 17.4 Å². The summed E-state index contributed by atoms with van der Waals surface area (Å²) >= 11 is 1.36. The van der Waals surface area contributed by atoms with E-state index < -0.39 is 15.7 Å². The number of anilines is 1. The first-order valence-electron chi connectivity index (χ1n) is 9.17. The van der Waals surface area contributed by atoms with E-state index in [0.717, 1.165) is 5.69 Å². The number of aliphatic imine (C=N–C) groups is 1. The van der Waals surface area contributed by atoms with Crippen molar-refractivity contribution in [2.24, 2.45) is 4.99 Å². The lowest BCUT2D eigenvalue weighted by Gasteiger charge is -2.24. The van der Waals surface area contributed by atoms with Crippen LogP contribution in [0.15, 0.2) is 69.9 Å². The van der Waals surface area contributed by atoms with E-state index in [9.17, 15) is 18.5 Å². The molecule has 4 rings (SSSR count). The molecule has 0 saturated carbocycles. The van der Waals surface area contributed by atoms with Gasteiger partial charge in [-0.3, -0.25) is 4.79 Å². The van der Waals surface area contributed by atoms with Gasteiger partial charge < -0.3 is 14.6 Å². The number of fused-ring (bicyclic) bond motifs is 1. The van der Waals surface area contributed by atoms with Gasteiger partial charge >= 0.3 is 0 Å². The van der Waals surface area contributed by atoms with E-state index in [4.69, 9.17) is 4.42 Å². The Bertz CT molecular complexity index is 1140. The molecule has 2 fully saturated rings. The van der Waals surface area contributed by atoms with Gasteiger partial charge in [-0.2, -0.15) is 5.26 Å². The van der Waals surface area contributed by atoms with Crippen molar-refractivity contribution in [1.82, 2.24) is 5.32 Å². The summed E-state index contributed by atoms with van der Waals surface area (Å²) in [6, 6.07) is 14.4. The van der Waals surface area contributed by atoms with Crippen molar-refractivity contribution in [3.63, 3.8) is 0 Å². The van der Waals surface area contributed by atoms with Crippen molar-refractivity contribution in [3.8, 4) is 6.07 Å². The molecule has 1 N–H and O–H groups in total. The number of nitrogens with one attached hydrogen (secondary N) is 1. The van der Waals surface area contributed by atoms with Gasteiger partial charge in [-0.05, 0) is 24.3 Å². The summed E-state index contributed by atoms with van der Waals surface area (Å²) in [5.74, 6) is 0.151. The van der Waals surface area contributed by atoms with E-state index in [0.29, 0.717) is 10.9 Å². The summed E-state index contributed by atoms with van der Waals surface area (Å²) in [5, 5.41) is 12.4. The molecule has 0 unspecified atom stereocenters. The maximum Gasteiger partial charge on any atom is 0.263 e. The average molecular weight is 443 g/mol. The van der Waals surface area contributed by atoms with E-state index in [1.807, 2.05) is 41.3 Å². The van der Waals surface area contributed by atoms with Crippen molar-refractivity contribution in [2.45, 2.75) is 17.8 Å². The predicted octanol–water partition coefficient (Wildman–Crippen LogP) is 2.08. The molecule has 1 aromatic carbocycles. The van der Waals surface area contributed by atoms with Gasteiger partial charge in [0.15, 0.2) is 15.0 Å². The van der Waals surface area contributed by atoms with E-state index in [2.05, 4.69) is 10.3 Å². The number of para-hydroxylation sites is 1. The predicted molar refractivity (Wildman–Crippen MR) is 114 cm³/mol. The third-order valence-corrected chi connectivity index (χ3v) is 8.00. The molecule has 2 aliphatic rings. The van der Waals surface area contributed by atoms with Crippen LogP contribution in [-0.2, 0) is 21.2 Å². The topological polar surface area (TPSA) is 116 Å². The number of furan rings is 1. The molecule has 10 heteroatoms. The highest BCUT2D eigenvalue weighted by molar-refractivity contribution is 8.16. The number of hydrogen-bond acceptors (Lipinski definition) is 7. The van der Waals surface area contributed by atoms with Crippen LogP contribution in [0.4, 0.5) is 5.69 Å². The Morgan fingerprint density at radius 3 is 2.80 bits per heavy atom. The molecule has 30 heavy (non-hydrogen) atoms. The molecule has 2 aromatic rings. The molecular formula is C20H18N4O4S2. The third kappa shape index (κ3) is 4.27. The molecule has 154 valence electrons. The van der Waals surface area contributed by atoms with Crippen molar-refractivity contribution >= 4 is 38.4 Å². The lowest BCUT2D eigenvalue weighted by atomic mass is 10.2. The van der Waals surface area contributed by atoms with Gasteiger partial charge in [-0.25, -0.2) is 13.4 Å². The highest BCUT2D eigenvalue weighted by Crippen LogP contribution is 2.40. The van der Waals surface area contributed by atoms with Gasteiger partial charge in [0.25, 0.3) is 5.91 Å². The number of hydrogen-bond donors (Lipinski definition) is 1. The number of nitrogens with zero attached hydrogens (tertiary/aromatic N) is 3. The summed E-state index contributed by atoms with van der Waals surface area (Å²) in [7, 11) is -3.11. The minimum absolute atomic E-state index is 0.0526. The van der Waals surface area contributed by atoms with Crippen molar-refractivity contribution in [3.05, 3.63) is 66.3 Å². The maximum atomic E-state index is 12.3. The first kappa shape index (κ1) is 20.3. The first-order chi connectivity index (χ1) is 14.5. The van der Waals surface area contributed by atoms with Crippen LogP contribution in [0.2, 0.25) is 0 Å². The fraction of sp³-hybridized carbons (Fsp3) is 0.250. The highest BCUT2D eigenvalue weighted by atomic mass is 32.2. The minimum Gasteiger partial charge on any atom is -0.467 e. The van der Waals surface area contributed by atoms with E-state index in [1.165, 1.54) is 24.2 Å². The molecule has 1 aromatic heterocycles. The Hall–Kier alpha value is -3.03. The molecule has 8 nitrogen and oxygen atoms in total. The zero-order valence-electron chi connectivity index (χ0n) is 15.8. The summed E-state index contributed by atoms with van der Waals surface area (Å²) in [4.78, 5) is 18.6. The molecule has 0 bridgehead atoms. The van der Waals surface area contributed by atoms with Gasteiger partial charge in [-0.1, -0.05) is 30.0 Å². The monoisotopic (exact) mass is 442 g/mol. The van der Waals surface area contributed by atoms with Crippen LogP contribution >= 0.6 is 11.8 Å². The van der Waals surface area contributed by atoms with Crippen LogP contribution in [0.25, 0.3) is 0 Å². The highest BCUT2D eigenvalue weighted by Gasteiger charge is 2.49. The Morgan fingerprint density at radius 1 is 1.30 bits per heavy atom. The maximum absolute atomic E-state index is 12.3. The Kier molecular flexibility index (Phi) is 5.65. The summed E-state index contributed by atoms with van der Waals surface area (Å²) < 4.78 is 29.4. The van der Waals surface area contributed by atoms with Crippen LogP contribution in [0.3, 0.4) is 0 Å². The van der Waals surface area contributed by atoms with Crippen LogP contribution in [-0.4, -0.2) is 42.3 Å². The van der Waals surface area contributed by atoms with Crippen molar-refractivity contribution in [1.29, 1.82) is 5.26 Å². The van der Waals surface area contributed by atoms with E-state index in [1.54, 1.807) is 12.1 Å². The fourth-order valence-electron chi connectivity index (χ4n) is 3.40. The molecular weight excluding hydrogens is 424 g/mol. The van der Waals surface area contributed by atoms with Crippen molar-refractivity contribution in [2.75, 3.05) is 16.4 Å². The van der Waals surface area contributed by atoms with E-state index >= 15 is 0 Å².